The Morgan fingerprint density at radius 2 is 1.64 bits per heavy atom. The molecule has 0 rings (SSSR count). The minimum Gasteiger partial charge on any atom is -0.327 e. The maximum atomic E-state index is 11.9. The zero-order chi connectivity index (χ0) is 9.28. The predicted molar refractivity (Wildman–Crippen MR) is 38.1 cm³/mol. The second-order valence-electron chi connectivity index (χ2n) is 3.57. The van der Waals surface area contributed by atoms with E-state index in [4.69, 9.17) is 5.73 Å². The maximum Gasteiger partial charge on any atom is 0.389 e. The van der Waals surface area contributed by atoms with Crippen LogP contribution in [0.25, 0.3) is 0 Å². The van der Waals surface area contributed by atoms with E-state index in [1.165, 1.54) is 13.8 Å². The maximum absolute atomic E-state index is 11.9. The van der Waals surface area contributed by atoms with Crippen molar-refractivity contribution in [1.29, 1.82) is 0 Å². The van der Waals surface area contributed by atoms with Crippen molar-refractivity contribution in [1.82, 2.24) is 0 Å². The molecule has 2 N–H and O–H groups in total. The molecule has 0 unspecified atom stereocenters. The van der Waals surface area contributed by atoms with Crippen molar-refractivity contribution in [2.45, 2.75) is 39.4 Å². The highest BCUT2D eigenvalue weighted by Crippen LogP contribution is 2.34. The number of hydrogen-bond donors (Lipinski definition) is 1. The molecule has 0 radical (unpaired) electrons. The largest absolute Gasteiger partial charge is 0.389 e. The lowest BCUT2D eigenvalue weighted by atomic mass is 9.82. The molecule has 11 heavy (non-hydrogen) atoms. The second-order valence-corrected chi connectivity index (χ2v) is 3.57. The summed E-state index contributed by atoms with van der Waals surface area (Å²) in [5.74, 6) is 0. The number of rotatable bonds is 2. The van der Waals surface area contributed by atoms with Gasteiger partial charge in [-0.15, -0.1) is 0 Å². The molecule has 1 nitrogen and oxygen atoms in total. The summed E-state index contributed by atoms with van der Waals surface area (Å²) in [6.07, 6.45) is -4.94. The minimum atomic E-state index is -4.11. The fourth-order valence-electron chi connectivity index (χ4n) is 0.678. The molecule has 0 fully saturated rings. The van der Waals surface area contributed by atoms with Crippen LogP contribution in [0.3, 0.4) is 0 Å². The first-order chi connectivity index (χ1) is 4.65. The van der Waals surface area contributed by atoms with Gasteiger partial charge in [0.15, 0.2) is 0 Å². The van der Waals surface area contributed by atoms with E-state index in [0.717, 1.165) is 0 Å². The van der Waals surface area contributed by atoms with Crippen LogP contribution in [0.1, 0.15) is 27.2 Å². The summed E-state index contributed by atoms with van der Waals surface area (Å²) in [4.78, 5) is 0. The average molecular weight is 169 g/mol. The number of alkyl halides is 3. The van der Waals surface area contributed by atoms with E-state index in [9.17, 15) is 13.2 Å². The molecular weight excluding hydrogens is 155 g/mol. The smallest absolute Gasteiger partial charge is 0.327 e. The van der Waals surface area contributed by atoms with Crippen molar-refractivity contribution in [2.75, 3.05) is 0 Å². The topological polar surface area (TPSA) is 26.0 Å². The van der Waals surface area contributed by atoms with Crippen molar-refractivity contribution in [2.24, 2.45) is 11.1 Å². The van der Waals surface area contributed by atoms with Crippen molar-refractivity contribution in [3.63, 3.8) is 0 Å². The third kappa shape index (κ3) is 4.24. The molecule has 0 aliphatic rings. The quantitative estimate of drug-likeness (QED) is 0.674. The van der Waals surface area contributed by atoms with E-state index >= 15 is 0 Å². The van der Waals surface area contributed by atoms with Crippen LogP contribution in [-0.2, 0) is 0 Å². The van der Waals surface area contributed by atoms with E-state index in [0.29, 0.717) is 0 Å². The monoisotopic (exact) mass is 169 g/mol. The summed E-state index contributed by atoms with van der Waals surface area (Å²) >= 11 is 0. The first-order valence-electron chi connectivity index (χ1n) is 3.47. The number of halogens is 3. The SMILES string of the molecule is C[C@H](N)C(C)(C)CC(F)(F)F. The zero-order valence-corrected chi connectivity index (χ0v) is 7.00. The Kier molecular flexibility index (Phi) is 2.94. The van der Waals surface area contributed by atoms with Crippen molar-refractivity contribution < 1.29 is 13.2 Å². The van der Waals surface area contributed by atoms with Gasteiger partial charge < -0.3 is 5.73 Å². The van der Waals surface area contributed by atoms with Gasteiger partial charge in [0.05, 0.1) is 6.42 Å². The Bertz CT molecular complexity index is 126. The lowest BCUT2D eigenvalue weighted by Crippen LogP contribution is -2.38. The van der Waals surface area contributed by atoms with Gasteiger partial charge in [-0.3, -0.25) is 0 Å². The fraction of sp³-hybridized carbons (Fsp3) is 1.00. The van der Waals surface area contributed by atoms with Crippen LogP contribution in [0, 0.1) is 5.41 Å². The highest BCUT2D eigenvalue weighted by atomic mass is 19.4. The third-order valence-corrected chi connectivity index (χ3v) is 1.89. The molecule has 0 amide bonds. The van der Waals surface area contributed by atoms with Crippen LogP contribution in [0.5, 0.6) is 0 Å². The minimum absolute atomic E-state index is 0.441. The van der Waals surface area contributed by atoms with Crippen molar-refractivity contribution >= 4 is 0 Å². The van der Waals surface area contributed by atoms with Gasteiger partial charge >= 0.3 is 6.18 Å². The summed E-state index contributed by atoms with van der Waals surface area (Å²) in [6.45, 7) is 4.63. The molecule has 68 valence electrons. The van der Waals surface area contributed by atoms with Crippen molar-refractivity contribution in [3.8, 4) is 0 Å². The van der Waals surface area contributed by atoms with Crippen LogP contribution >= 0.6 is 0 Å². The Morgan fingerprint density at radius 1 is 1.27 bits per heavy atom. The van der Waals surface area contributed by atoms with Gasteiger partial charge in [0.25, 0.3) is 0 Å². The van der Waals surface area contributed by atoms with Crippen LogP contribution in [0.2, 0.25) is 0 Å². The second kappa shape index (κ2) is 3.01. The summed E-state index contributed by atoms with van der Waals surface area (Å²) in [6, 6.07) is -0.441. The average Bonchev–Trinajstić information content (AvgIpc) is 1.56. The molecule has 0 aromatic carbocycles. The normalized spacial score (nSPS) is 16.6. The first-order valence-corrected chi connectivity index (χ1v) is 3.47. The molecule has 0 aliphatic heterocycles. The van der Waals surface area contributed by atoms with Crippen molar-refractivity contribution in [3.05, 3.63) is 0 Å². The van der Waals surface area contributed by atoms with Crippen LogP contribution in [0.4, 0.5) is 13.2 Å². The summed E-state index contributed by atoms with van der Waals surface area (Å²) in [7, 11) is 0. The molecule has 0 aromatic heterocycles. The summed E-state index contributed by atoms with van der Waals surface area (Å²) < 4.78 is 35.6. The van der Waals surface area contributed by atoms with Gasteiger partial charge in [0, 0.05) is 6.04 Å². The molecule has 1 atom stereocenters. The van der Waals surface area contributed by atoms with E-state index in [1.54, 1.807) is 6.92 Å². The molecule has 0 aliphatic carbocycles. The summed E-state index contributed by atoms with van der Waals surface area (Å²) in [5, 5.41) is 0. The van der Waals surface area contributed by atoms with Gasteiger partial charge in [-0.1, -0.05) is 13.8 Å². The molecular formula is C7H14F3N. The van der Waals surface area contributed by atoms with E-state index < -0.39 is 24.1 Å². The number of hydrogen-bond acceptors (Lipinski definition) is 1. The van der Waals surface area contributed by atoms with E-state index in [-0.39, 0.29) is 0 Å². The standard InChI is InChI=1S/C7H14F3N/c1-5(11)6(2,3)4-7(8,9)10/h5H,4,11H2,1-3H3/t5-/m0/s1. The molecule has 0 saturated carbocycles. The summed E-state index contributed by atoms with van der Waals surface area (Å²) in [5.41, 5.74) is 4.51. The van der Waals surface area contributed by atoms with Crippen LogP contribution in [0.15, 0.2) is 0 Å². The lowest BCUT2D eigenvalue weighted by Gasteiger charge is -2.29. The van der Waals surface area contributed by atoms with Gasteiger partial charge in [-0.05, 0) is 12.3 Å². The predicted octanol–water partition coefficient (Wildman–Crippen LogP) is 2.31. The first kappa shape index (κ1) is 10.8. The Hall–Kier alpha value is -0.250. The van der Waals surface area contributed by atoms with Crippen LogP contribution in [-0.4, -0.2) is 12.2 Å². The molecule has 4 heteroatoms. The Labute approximate surface area is 64.8 Å². The van der Waals surface area contributed by atoms with E-state index in [2.05, 4.69) is 0 Å². The third-order valence-electron chi connectivity index (χ3n) is 1.89. The lowest BCUT2D eigenvalue weighted by molar-refractivity contribution is -0.156. The molecule has 0 bridgehead atoms. The van der Waals surface area contributed by atoms with Gasteiger partial charge in [-0.2, -0.15) is 13.2 Å². The fourth-order valence-corrected chi connectivity index (χ4v) is 0.678. The van der Waals surface area contributed by atoms with Gasteiger partial charge in [0.1, 0.15) is 0 Å². The van der Waals surface area contributed by atoms with E-state index in [1.807, 2.05) is 0 Å². The highest BCUT2D eigenvalue weighted by Gasteiger charge is 2.38. The van der Waals surface area contributed by atoms with Gasteiger partial charge in [-0.25, -0.2) is 0 Å². The molecule has 0 aromatic rings. The number of nitrogens with two attached hydrogens (primary N) is 1. The molecule has 0 saturated heterocycles. The van der Waals surface area contributed by atoms with Crippen LogP contribution < -0.4 is 5.73 Å². The molecule has 0 heterocycles. The zero-order valence-electron chi connectivity index (χ0n) is 7.00. The molecule has 0 spiro atoms. The Balaban J connectivity index is 4.13. The van der Waals surface area contributed by atoms with Gasteiger partial charge in [0.2, 0.25) is 0 Å². The highest BCUT2D eigenvalue weighted by molar-refractivity contribution is 4.80. The Morgan fingerprint density at radius 3 is 1.73 bits per heavy atom.